The van der Waals surface area contributed by atoms with Gasteiger partial charge in [0.15, 0.2) is 0 Å². The monoisotopic (exact) mass is 622 g/mol. The van der Waals surface area contributed by atoms with Gasteiger partial charge in [-0.3, -0.25) is 0 Å². The minimum absolute atomic E-state index is 0.898. The number of fused-ring (bicyclic) bond motifs is 6. The van der Waals surface area contributed by atoms with E-state index in [1.165, 1.54) is 65.7 Å². The lowest BCUT2D eigenvalue weighted by Gasteiger charge is -2.19. The summed E-state index contributed by atoms with van der Waals surface area (Å²) in [6.07, 6.45) is 0. The number of para-hydroxylation sites is 1. The fraction of sp³-hybridized carbons (Fsp3) is 0. The van der Waals surface area contributed by atoms with Crippen LogP contribution in [0, 0.1) is 0 Å². The van der Waals surface area contributed by atoms with E-state index < -0.39 is 0 Å². The fourth-order valence-corrected chi connectivity index (χ4v) is 7.81. The van der Waals surface area contributed by atoms with Crippen molar-refractivity contribution in [3.63, 3.8) is 0 Å². The van der Waals surface area contributed by atoms with Crippen molar-refractivity contribution >= 4 is 54.3 Å². The molecule has 0 bridgehead atoms. The molecule has 1 heteroatoms. The lowest BCUT2D eigenvalue weighted by Crippen LogP contribution is -1.93. The van der Waals surface area contributed by atoms with Gasteiger partial charge >= 0.3 is 0 Å². The Morgan fingerprint density at radius 3 is 1.67 bits per heavy atom. The highest BCUT2D eigenvalue weighted by atomic mass is 16.3. The van der Waals surface area contributed by atoms with Crippen molar-refractivity contribution in [3.8, 4) is 44.5 Å². The van der Waals surface area contributed by atoms with Crippen molar-refractivity contribution in [2.24, 2.45) is 0 Å². The third kappa shape index (κ3) is 4.40. The average Bonchev–Trinajstić information content (AvgIpc) is 3.57. The van der Waals surface area contributed by atoms with Gasteiger partial charge in [0.1, 0.15) is 11.2 Å². The second-order valence-corrected chi connectivity index (χ2v) is 12.8. The molecule has 0 aliphatic carbocycles. The van der Waals surface area contributed by atoms with Gasteiger partial charge in [-0.05, 0) is 95.5 Å². The van der Waals surface area contributed by atoms with E-state index in [1.807, 2.05) is 0 Å². The molecule has 0 unspecified atom stereocenters. The summed E-state index contributed by atoms with van der Waals surface area (Å²) >= 11 is 0. The summed E-state index contributed by atoms with van der Waals surface area (Å²) in [5, 5.41) is 9.69. The van der Waals surface area contributed by atoms with E-state index in [2.05, 4.69) is 182 Å². The minimum Gasteiger partial charge on any atom is -0.455 e. The third-order valence-electron chi connectivity index (χ3n) is 10.0. The highest BCUT2D eigenvalue weighted by Gasteiger charge is 2.22. The first-order valence-corrected chi connectivity index (χ1v) is 16.8. The molecule has 49 heavy (non-hydrogen) atoms. The summed E-state index contributed by atoms with van der Waals surface area (Å²) in [5.41, 5.74) is 11.4. The molecule has 9 aromatic carbocycles. The zero-order valence-electron chi connectivity index (χ0n) is 26.7. The summed E-state index contributed by atoms with van der Waals surface area (Å²) in [4.78, 5) is 0. The summed E-state index contributed by atoms with van der Waals surface area (Å²) in [5.74, 6) is 0. The standard InChI is InChI=1S/C48H30O/c1-3-14-32(15-4-1)37-27-28-42(47-41-21-11-12-22-44(41)49-48(37)47)46-39-20-10-9-19-38(39)45(33-16-5-2-6-17-33)43-30-36(25-26-40(43)46)35-24-23-31-13-7-8-18-34(31)29-35/h1-30H. The van der Waals surface area contributed by atoms with Crippen LogP contribution < -0.4 is 0 Å². The van der Waals surface area contributed by atoms with Crippen LogP contribution in [0.1, 0.15) is 0 Å². The molecule has 0 radical (unpaired) electrons. The smallest absolute Gasteiger partial charge is 0.143 e. The first-order valence-electron chi connectivity index (χ1n) is 16.8. The second kappa shape index (κ2) is 11.1. The molecule has 10 aromatic rings. The van der Waals surface area contributed by atoms with Gasteiger partial charge in [-0.15, -0.1) is 0 Å². The maximum atomic E-state index is 6.73. The van der Waals surface area contributed by atoms with Crippen molar-refractivity contribution < 1.29 is 4.42 Å². The molecule has 1 nitrogen and oxygen atoms in total. The van der Waals surface area contributed by atoms with Crippen molar-refractivity contribution in [3.05, 3.63) is 182 Å². The Labute approximate surface area is 284 Å². The molecule has 10 rings (SSSR count). The van der Waals surface area contributed by atoms with Crippen molar-refractivity contribution in [2.75, 3.05) is 0 Å². The molecule has 1 heterocycles. The van der Waals surface area contributed by atoms with Gasteiger partial charge in [-0.1, -0.05) is 158 Å². The van der Waals surface area contributed by atoms with Crippen LogP contribution in [0.5, 0.6) is 0 Å². The van der Waals surface area contributed by atoms with E-state index in [0.717, 1.165) is 33.1 Å². The molecule has 0 aliphatic rings. The number of rotatable bonds is 4. The summed E-state index contributed by atoms with van der Waals surface area (Å²) in [6, 6.07) is 65.7. The van der Waals surface area contributed by atoms with Crippen molar-refractivity contribution in [1.82, 2.24) is 0 Å². The molecular weight excluding hydrogens is 593 g/mol. The van der Waals surface area contributed by atoms with E-state index in [1.54, 1.807) is 0 Å². The van der Waals surface area contributed by atoms with E-state index in [4.69, 9.17) is 4.42 Å². The Balaban J connectivity index is 1.34. The Hall–Kier alpha value is -6.44. The normalized spacial score (nSPS) is 11.7. The maximum absolute atomic E-state index is 6.73. The van der Waals surface area contributed by atoms with Gasteiger partial charge < -0.3 is 4.42 Å². The highest BCUT2D eigenvalue weighted by Crippen LogP contribution is 2.49. The zero-order valence-corrected chi connectivity index (χ0v) is 26.7. The zero-order chi connectivity index (χ0) is 32.3. The number of hydrogen-bond donors (Lipinski definition) is 0. The topological polar surface area (TPSA) is 13.1 Å². The van der Waals surface area contributed by atoms with E-state index >= 15 is 0 Å². The molecule has 0 saturated carbocycles. The minimum atomic E-state index is 0.898. The molecule has 0 amide bonds. The Morgan fingerprint density at radius 1 is 0.306 bits per heavy atom. The van der Waals surface area contributed by atoms with Gasteiger partial charge in [-0.2, -0.15) is 0 Å². The van der Waals surface area contributed by atoms with Crippen molar-refractivity contribution in [1.29, 1.82) is 0 Å². The molecule has 1 aromatic heterocycles. The Kier molecular flexibility index (Phi) is 6.25. The molecular formula is C48H30O. The largest absolute Gasteiger partial charge is 0.455 e. The lowest BCUT2D eigenvalue weighted by molar-refractivity contribution is 0.670. The fourth-order valence-electron chi connectivity index (χ4n) is 7.81. The number of furan rings is 1. The Morgan fingerprint density at radius 2 is 0.878 bits per heavy atom. The number of hydrogen-bond acceptors (Lipinski definition) is 1. The van der Waals surface area contributed by atoms with Crippen LogP contribution in [0.25, 0.3) is 98.8 Å². The third-order valence-corrected chi connectivity index (χ3v) is 10.0. The van der Waals surface area contributed by atoms with Gasteiger partial charge in [0.05, 0.1) is 0 Å². The van der Waals surface area contributed by atoms with Gasteiger partial charge in [-0.25, -0.2) is 0 Å². The Bertz CT molecular complexity index is 2860. The molecule has 228 valence electrons. The van der Waals surface area contributed by atoms with Crippen LogP contribution in [0.4, 0.5) is 0 Å². The van der Waals surface area contributed by atoms with E-state index in [-0.39, 0.29) is 0 Å². The molecule has 0 atom stereocenters. The van der Waals surface area contributed by atoms with Crippen LogP contribution in [-0.4, -0.2) is 0 Å². The van der Waals surface area contributed by atoms with Crippen LogP contribution in [0.2, 0.25) is 0 Å². The second-order valence-electron chi connectivity index (χ2n) is 12.8. The van der Waals surface area contributed by atoms with Gasteiger partial charge in [0.25, 0.3) is 0 Å². The molecule has 0 saturated heterocycles. The summed E-state index contributed by atoms with van der Waals surface area (Å²) in [6.45, 7) is 0. The number of benzene rings is 9. The molecule has 0 spiro atoms. The van der Waals surface area contributed by atoms with Crippen LogP contribution >= 0.6 is 0 Å². The first-order chi connectivity index (χ1) is 24.3. The quantitative estimate of drug-likeness (QED) is 0.178. The molecule has 0 fully saturated rings. The SMILES string of the molecule is c1ccc(-c2c3ccccc3c(-c3ccc(-c4ccccc4)c4oc5ccccc5c34)c3ccc(-c4ccc5ccccc5c4)cc23)cc1. The highest BCUT2D eigenvalue weighted by molar-refractivity contribution is 6.27. The van der Waals surface area contributed by atoms with Gasteiger partial charge in [0, 0.05) is 16.3 Å². The van der Waals surface area contributed by atoms with Crippen LogP contribution in [0.3, 0.4) is 0 Å². The van der Waals surface area contributed by atoms with Crippen molar-refractivity contribution in [2.45, 2.75) is 0 Å². The maximum Gasteiger partial charge on any atom is 0.143 e. The van der Waals surface area contributed by atoms with E-state index in [0.29, 0.717) is 0 Å². The van der Waals surface area contributed by atoms with Crippen LogP contribution in [-0.2, 0) is 0 Å². The first kappa shape index (κ1) is 27.7. The molecule has 0 N–H and O–H groups in total. The summed E-state index contributed by atoms with van der Waals surface area (Å²) in [7, 11) is 0. The van der Waals surface area contributed by atoms with Crippen LogP contribution in [0.15, 0.2) is 186 Å². The van der Waals surface area contributed by atoms with E-state index in [9.17, 15) is 0 Å². The predicted octanol–water partition coefficient (Wildman–Crippen LogP) is 13.7. The predicted molar refractivity (Wildman–Crippen MR) is 208 cm³/mol. The molecule has 0 aliphatic heterocycles. The lowest BCUT2D eigenvalue weighted by atomic mass is 9.83. The van der Waals surface area contributed by atoms with Gasteiger partial charge in [0.2, 0.25) is 0 Å². The average molecular weight is 623 g/mol. The summed E-state index contributed by atoms with van der Waals surface area (Å²) < 4.78 is 6.73.